The van der Waals surface area contributed by atoms with Crippen LogP contribution in [-0.2, 0) is 0 Å². The Balaban J connectivity index is 2.37. The molecule has 2 heteroatoms. The summed E-state index contributed by atoms with van der Waals surface area (Å²) < 4.78 is 0. The second kappa shape index (κ2) is 3.95. The van der Waals surface area contributed by atoms with Gasteiger partial charge in [0, 0.05) is 4.88 Å². The summed E-state index contributed by atoms with van der Waals surface area (Å²) >= 11 is 1.58. The van der Waals surface area contributed by atoms with Gasteiger partial charge in [-0.1, -0.05) is 30.3 Å². The van der Waals surface area contributed by atoms with E-state index in [1.54, 1.807) is 11.3 Å². The number of hydrogen-bond acceptors (Lipinski definition) is 2. The highest BCUT2D eigenvalue weighted by Gasteiger charge is 2.12. The number of aliphatic hydroxyl groups excluding tert-OH is 1. The summed E-state index contributed by atoms with van der Waals surface area (Å²) in [5.74, 6) is 0. The molecule has 0 aliphatic heterocycles. The highest BCUT2D eigenvalue weighted by molar-refractivity contribution is 7.10. The molecule has 0 saturated heterocycles. The van der Waals surface area contributed by atoms with E-state index in [0.29, 0.717) is 0 Å². The Morgan fingerprint density at radius 1 is 1.14 bits per heavy atom. The van der Waals surface area contributed by atoms with E-state index < -0.39 is 6.10 Å². The van der Waals surface area contributed by atoms with Gasteiger partial charge >= 0.3 is 0 Å². The Morgan fingerprint density at radius 3 is 2.57 bits per heavy atom. The lowest BCUT2D eigenvalue weighted by atomic mass is 10.0. The van der Waals surface area contributed by atoms with Crippen molar-refractivity contribution >= 4 is 11.3 Å². The van der Waals surface area contributed by atoms with Crippen LogP contribution >= 0.6 is 11.3 Å². The van der Waals surface area contributed by atoms with Gasteiger partial charge in [-0.2, -0.15) is 0 Å². The van der Waals surface area contributed by atoms with E-state index in [1.807, 2.05) is 48.7 Å². The Bertz CT molecular complexity index is 406. The van der Waals surface area contributed by atoms with Gasteiger partial charge in [-0.25, -0.2) is 0 Å². The van der Waals surface area contributed by atoms with Crippen LogP contribution in [0.4, 0.5) is 0 Å². The zero-order chi connectivity index (χ0) is 9.97. The summed E-state index contributed by atoms with van der Waals surface area (Å²) in [5.41, 5.74) is 2.13. The molecule has 0 spiro atoms. The summed E-state index contributed by atoms with van der Waals surface area (Å²) in [5, 5.41) is 12.1. The minimum Gasteiger partial charge on any atom is -0.383 e. The maximum absolute atomic E-state index is 10.1. The lowest BCUT2D eigenvalue weighted by Gasteiger charge is -2.11. The quantitative estimate of drug-likeness (QED) is 0.796. The van der Waals surface area contributed by atoms with Crippen LogP contribution < -0.4 is 0 Å². The second-order valence-corrected chi connectivity index (χ2v) is 4.25. The molecule has 1 aromatic heterocycles. The highest BCUT2D eigenvalue weighted by Crippen LogP contribution is 2.27. The zero-order valence-electron chi connectivity index (χ0n) is 7.97. The summed E-state index contributed by atoms with van der Waals surface area (Å²) in [4.78, 5) is 0.999. The molecule has 1 atom stereocenters. The predicted octanol–water partition coefficient (Wildman–Crippen LogP) is 3.14. The number of aryl methyl sites for hydroxylation is 1. The molecule has 0 amide bonds. The van der Waals surface area contributed by atoms with Gasteiger partial charge in [0.05, 0.1) is 0 Å². The molecular formula is C12H12OS. The molecule has 0 bridgehead atoms. The number of rotatable bonds is 2. The number of thiophene rings is 1. The van der Waals surface area contributed by atoms with Crippen LogP contribution in [0.25, 0.3) is 0 Å². The molecule has 72 valence electrons. The summed E-state index contributed by atoms with van der Waals surface area (Å²) in [6.45, 7) is 2.02. The van der Waals surface area contributed by atoms with Gasteiger partial charge in [-0.3, -0.25) is 0 Å². The third-order valence-corrected chi connectivity index (χ3v) is 3.22. The van der Waals surface area contributed by atoms with E-state index in [2.05, 4.69) is 0 Å². The normalized spacial score (nSPS) is 12.7. The molecule has 0 fully saturated rings. The van der Waals surface area contributed by atoms with Crippen LogP contribution in [0.1, 0.15) is 22.1 Å². The Labute approximate surface area is 87.7 Å². The molecule has 1 unspecified atom stereocenters. The second-order valence-electron chi connectivity index (χ2n) is 3.27. The van der Waals surface area contributed by atoms with Crippen LogP contribution in [0, 0.1) is 6.92 Å². The van der Waals surface area contributed by atoms with Gasteiger partial charge in [0.15, 0.2) is 0 Å². The van der Waals surface area contributed by atoms with Crippen molar-refractivity contribution in [1.82, 2.24) is 0 Å². The molecule has 1 N–H and O–H groups in total. The first-order valence-corrected chi connectivity index (χ1v) is 5.44. The lowest BCUT2D eigenvalue weighted by Crippen LogP contribution is -1.99. The fourth-order valence-corrected chi connectivity index (χ4v) is 2.22. The Hall–Kier alpha value is -1.12. The first-order chi connectivity index (χ1) is 6.79. The monoisotopic (exact) mass is 204 g/mol. The number of hydrogen-bond donors (Lipinski definition) is 1. The van der Waals surface area contributed by atoms with E-state index >= 15 is 0 Å². The summed E-state index contributed by atoms with van der Waals surface area (Å²) in [6.07, 6.45) is -0.476. The summed E-state index contributed by atoms with van der Waals surface area (Å²) in [6, 6.07) is 11.9. The first kappa shape index (κ1) is 9.44. The van der Waals surface area contributed by atoms with E-state index in [0.717, 1.165) is 16.0 Å². The van der Waals surface area contributed by atoms with Gasteiger partial charge in [0.2, 0.25) is 0 Å². The molecule has 1 nitrogen and oxygen atoms in total. The average Bonchev–Trinajstić information content (AvgIpc) is 2.70. The summed E-state index contributed by atoms with van der Waals surface area (Å²) in [7, 11) is 0. The van der Waals surface area contributed by atoms with E-state index in [9.17, 15) is 5.11 Å². The van der Waals surface area contributed by atoms with Gasteiger partial charge in [0.25, 0.3) is 0 Å². The van der Waals surface area contributed by atoms with Crippen molar-refractivity contribution in [2.75, 3.05) is 0 Å². The van der Waals surface area contributed by atoms with Crippen LogP contribution in [0.15, 0.2) is 41.8 Å². The fourth-order valence-electron chi connectivity index (χ4n) is 1.49. The molecular weight excluding hydrogens is 192 g/mol. The van der Waals surface area contributed by atoms with E-state index in [4.69, 9.17) is 0 Å². The largest absolute Gasteiger partial charge is 0.383 e. The average molecular weight is 204 g/mol. The number of benzene rings is 1. The predicted molar refractivity (Wildman–Crippen MR) is 59.6 cm³/mol. The van der Waals surface area contributed by atoms with Gasteiger partial charge < -0.3 is 5.11 Å². The van der Waals surface area contributed by atoms with Crippen molar-refractivity contribution in [2.24, 2.45) is 0 Å². The minimum absolute atomic E-state index is 0.476. The molecule has 0 radical (unpaired) electrons. The molecule has 2 rings (SSSR count). The minimum atomic E-state index is -0.476. The molecule has 2 aromatic rings. The first-order valence-electron chi connectivity index (χ1n) is 4.56. The van der Waals surface area contributed by atoms with E-state index in [-0.39, 0.29) is 0 Å². The smallest absolute Gasteiger partial charge is 0.113 e. The van der Waals surface area contributed by atoms with E-state index in [1.165, 1.54) is 0 Å². The van der Waals surface area contributed by atoms with Crippen LogP contribution in [0.5, 0.6) is 0 Å². The zero-order valence-corrected chi connectivity index (χ0v) is 8.79. The van der Waals surface area contributed by atoms with Crippen LogP contribution in [0.2, 0.25) is 0 Å². The van der Waals surface area contributed by atoms with Crippen molar-refractivity contribution in [3.63, 3.8) is 0 Å². The van der Waals surface area contributed by atoms with Crippen molar-refractivity contribution in [3.8, 4) is 0 Å². The van der Waals surface area contributed by atoms with Crippen molar-refractivity contribution < 1.29 is 5.11 Å². The molecule has 0 aliphatic rings. The third-order valence-electron chi connectivity index (χ3n) is 2.30. The lowest BCUT2D eigenvalue weighted by molar-refractivity contribution is 0.223. The van der Waals surface area contributed by atoms with Crippen molar-refractivity contribution in [1.29, 1.82) is 0 Å². The molecule has 1 heterocycles. The van der Waals surface area contributed by atoms with Gasteiger partial charge in [-0.15, -0.1) is 11.3 Å². The molecule has 1 aromatic carbocycles. The van der Waals surface area contributed by atoms with Gasteiger partial charge in [-0.05, 0) is 29.5 Å². The topological polar surface area (TPSA) is 20.2 Å². The standard InChI is InChI=1S/C12H12OS/c1-9-5-2-3-6-10(9)12(13)11-7-4-8-14-11/h2-8,12-13H,1H3. The van der Waals surface area contributed by atoms with Crippen molar-refractivity contribution in [2.45, 2.75) is 13.0 Å². The van der Waals surface area contributed by atoms with Gasteiger partial charge in [0.1, 0.15) is 6.10 Å². The Kier molecular flexibility index (Phi) is 2.66. The third kappa shape index (κ3) is 1.72. The molecule has 14 heavy (non-hydrogen) atoms. The van der Waals surface area contributed by atoms with Crippen LogP contribution in [-0.4, -0.2) is 5.11 Å². The molecule has 0 saturated carbocycles. The Morgan fingerprint density at radius 2 is 1.93 bits per heavy atom. The SMILES string of the molecule is Cc1ccccc1C(O)c1cccs1. The van der Waals surface area contributed by atoms with Crippen LogP contribution in [0.3, 0.4) is 0 Å². The highest BCUT2D eigenvalue weighted by atomic mass is 32.1. The molecule has 0 aliphatic carbocycles. The maximum Gasteiger partial charge on any atom is 0.113 e. The van der Waals surface area contributed by atoms with Crippen molar-refractivity contribution in [3.05, 3.63) is 57.8 Å². The number of aliphatic hydroxyl groups is 1. The fraction of sp³-hybridized carbons (Fsp3) is 0.167. The maximum atomic E-state index is 10.1.